The summed E-state index contributed by atoms with van der Waals surface area (Å²) in [7, 11) is 3.05. The van der Waals surface area contributed by atoms with Gasteiger partial charge in [0.2, 0.25) is 5.75 Å². The summed E-state index contributed by atoms with van der Waals surface area (Å²) in [6.07, 6.45) is -4.35. The summed E-state index contributed by atoms with van der Waals surface area (Å²) in [4.78, 5) is 12.1. The van der Waals surface area contributed by atoms with Crippen LogP contribution in [-0.2, 0) is 24.4 Å². The maximum absolute atomic E-state index is 12.1. The van der Waals surface area contributed by atoms with Gasteiger partial charge in [0, 0.05) is 13.1 Å². The molecule has 0 fully saturated rings. The highest BCUT2D eigenvalue weighted by atomic mass is 19.4. The molecule has 2 N–H and O–H groups in total. The van der Waals surface area contributed by atoms with E-state index in [9.17, 15) is 18.0 Å². The number of benzene rings is 2. The minimum absolute atomic E-state index is 0.136. The van der Waals surface area contributed by atoms with Gasteiger partial charge in [-0.1, -0.05) is 24.3 Å². The van der Waals surface area contributed by atoms with E-state index >= 15 is 0 Å². The van der Waals surface area contributed by atoms with Crippen LogP contribution < -0.4 is 24.8 Å². The zero-order valence-electron chi connectivity index (χ0n) is 18.2. The highest BCUT2D eigenvalue weighted by Gasteiger charge is 2.27. The summed E-state index contributed by atoms with van der Waals surface area (Å²) in [6, 6.07) is 9.88. The molecule has 0 atom stereocenters. The van der Waals surface area contributed by atoms with Crippen molar-refractivity contribution in [3.63, 3.8) is 0 Å². The molecule has 0 saturated carbocycles. The zero-order chi connectivity index (χ0) is 23.6. The Morgan fingerprint density at radius 2 is 1.44 bits per heavy atom. The van der Waals surface area contributed by atoms with E-state index in [0.717, 1.165) is 11.1 Å². The summed E-state index contributed by atoms with van der Waals surface area (Å²) in [5, 5.41) is 5.47. The third kappa shape index (κ3) is 8.18. The molecule has 0 radical (unpaired) electrons. The first-order valence-corrected chi connectivity index (χ1v) is 9.87. The number of ether oxygens (including phenoxy) is 4. The molecule has 0 aliphatic heterocycles. The smallest absolute Gasteiger partial charge is 0.411 e. The van der Waals surface area contributed by atoms with Crippen molar-refractivity contribution >= 4 is 6.03 Å². The second kappa shape index (κ2) is 12.0. The fourth-order valence-corrected chi connectivity index (χ4v) is 2.79. The Labute approximate surface area is 184 Å². The first kappa shape index (κ1) is 25.1. The Kier molecular flexibility index (Phi) is 9.45. The molecule has 0 unspecified atom stereocenters. The average Bonchev–Trinajstić information content (AvgIpc) is 2.76. The molecule has 2 aromatic rings. The van der Waals surface area contributed by atoms with Gasteiger partial charge in [-0.15, -0.1) is 0 Å². The molecule has 2 amide bonds. The SMILES string of the molecule is CCOc1c(OC)cc(CNC(=O)NCc2ccc(COCC(F)(F)F)cc2)cc1OC. The first-order valence-electron chi connectivity index (χ1n) is 9.87. The van der Waals surface area contributed by atoms with Gasteiger partial charge >= 0.3 is 12.2 Å². The molecule has 0 aromatic heterocycles. The molecule has 0 spiro atoms. The fourth-order valence-electron chi connectivity index (χ4n) is 2.79. The van der Waals surface area contributed by atoms with Crippen LogP contribution in [0.5, 0.6) is 17.2 Å². The van der Waals surface area contributed by atoms with Crippen LogP contribution in [0.25, 0.3) is 0 Å². The Bertz CT molecular complexity index is 848. The average molecular weight is 456 g/mol. The van der Waals surface area contributed by atoms with E-state index < -0.39 is 12.8 Å². The topological polar surface area (TPSA) is 78.1 Å². The van der Waals surface area contributed by atoms with Gasteiger partial charge in [-0.05, 0) is 35.7 Å². The minimum atomic E-state index is -4.35. The van der Waals surface area contributed by atoms with Gasteiger partial charge in [-0.3, -0.25) is 0 Å². The second-order valence-corrected chi connectivity index (χ2v) is 6.72. The van der Waals surface area contributed by atoms with Crippen LogP contribution in [0.1, 0.15) is 23.6 Å². The number of carbonyl (C=O) groups excluding carboxylic acids is 1. The number of halogens is 3. The highest BCUT2D eigenvalue weighted by Crippen LogP contribution is 2.38. The van der Waals surface area contributed by atoms with Crippen molar-refractivity contribution < 1.29 is 36.9 Å². The van der Waals surface area contributed by atoms with Crippen molar-refractivity contribution in [3.8, 4) is 17.2 Å². The maximum atomic E-state index is 12.1. The van der Waals surface area contributed by atoms with Gasteiger partial charge in [0.15, 0.2) is 11.5 Å². The van der Waals surface area contributed by atoms with Crippen LogP contribution in [-0.4, -0.2) is 39.6 Å². The molecule has 2 rings (SSSR count). The van der Waals surface area contributed by atoms with E-state index in [4.69, 9.17) is 14.2 Å². The van der Waals surface area contributed by atoms with Crippen LogP contribution in [0.3, 0.4) is 0 Å². The van der Waals surface area contributed by atoms with E-state index in [-0.39, 0.29) is 25.7 Å². The van der Waals surface area contributed by atoms with Crippen molar-refractivity contribution in [2.24, 2.45) is 0 Å². The third-order valence-electron chi connectivity index (χ3n) is 4.27. The lowest BCUT2D eigenvalue weighted by Gasteiger charge is -2.15. The number of nitrogens with one attached hydrogen (secondary N) is 2. The van der Waals surface area contributed by atoms with Crippen LogP contribution >= 0.6 is 0 Å². The summed E-state index contributed by atoms with van der Waals surface area (Å²) in [5.74, 6) is 1.50. The molecular formula is C22H27F3N2O5. The van der Waals surface area contributed by atoms with Crippen molar-refractivity contribution in [2.75, 3.05) is 27.4 Å². The number of urea groups is 1. The van der Waals surface area contributed by atoms with E-state index in [1.165, 1.54) is 14.2 Å². The summed E-state index contributed by atoms with van der Waals surface area (Å²) in [6.45, 7) is 1.37. The lowest BCUT2D eigenvalue weighted by molar-refractivity contribution is -0.176. The largest absolute Gasteiger partial charge is 0.493 e. The Hall–Kier alpha value is -3.14. The molecule has 10 heteroatoms. The summed E-state index contributed by atoms with van der Waals surface area (Å²) >= 11 is 0. The third-order valence-corrected chi connectivity index (χ3v) is 4.27. The highest BCUT2D eigenvalue weighted by molar-refractivity contribution is 5.73. The quantitative estimate of drug-likeness (QED) is 0.531. The van der Waals surface area contributed by atoms with E-state index in [0.29, 0.717) is 29.4 Å². The number of hydrogen-bond acceptors (Lipinski definition) is 5. The maximum Gasteiger partial charge on any atom is 0.411 e. The number of hydrogen-bond donors (Lipinski definition) is 2. The molecule has 7 nitrogen and oxygen atoms in total. The molecule has 0 aliphatic carbocycles. The van der Waals surface area contributed by atoms with Crippen molar-refractivity contribution in [3.05, 3.63) is 53.1 Å². The summed E-state index contributed by atoms with van der Waals surface area (Å²) < 4.78 is 57.2. The zero-order valence-corrected chi connectivity index (χ0v) is 18.2. The van der Waals surface area contributed by atoms with E-state index in [1.807, 2.05) is 6.92 Å². The minimum Gasteiger partial charge on any atom is -0.493 e. The first-order chi connectivity index (χ1) is 15.3. The van der Waals surface area contributed by atoms with Crippen LogP contribution in [0.4, 0.5) is 18.0 Å². The predicted octanol–water partition coefficient (Wildman–Crippen LogP) is 4.18. The number of methoxy groups -OCH3 is 2. The molecule has 0 bridgehead atoms. The fraction of sp³-hybridized carbons (Fsp3) is 0.409. The lowest BCUT2D eigenvalue weighted by atomic mass is 10.1. The van der Waals surface area contributed by atoms with Gasteiger partial charge < -0.3 is 29.6 Å². The Morgan fingerprint density at radius 3 is 1.94 bits per heavy atom. The van der Waals surface area contributed by atoms with Gasteiger partial charge in [0.25, 0.3) is 0 Å². The van der Waals surface area contributed by atoms with Gasteiger partial charge in [-0.2, -0.15) is 13.2 Å². The Morgan fingerprint density at radius 1 is 0.906 bits per heavy atom. The van der Waals surface area contributed by atoms with Crippen molar-refractivity contribution in [1.82, 2.24) is 10.6 Å². The molecule has 0 heterocycles. The second-order valence-electron chi connectivity index (χ2n) is 6.72. The van der Waals surface area contributed by atoms with Gasteiger partial charge in [0.05, 0.1) is 27.4 Å². The van der Waals surface area contributed by atoms with Crippen molar-refractivity contribution in [1.29, 1.82) is 0 Å². The molecular weight excluding hydrogens is 429 g/mol. The van der Waals surface area contributed by atoms with E-state index in [1.54, 1.807) is 36.4 Å². The standard InChI is InChI=1S/C22H27F3N2O5/c1-4-32-20-18(29-2)9-17(10-19(20)30-3)12-27-21(28)26-11-15-5-7-16(8-6-15)13-31-14-22(23,24)25/h5-10H,4,11-14H2,1-3H3,(H2,26,27,28). The normalized spacial score (nSPS) is 11.1. The molecule has 176 valence electrons. The molecule has 0 aliphatic rings. The number of alkyl halides is 3. The predicted molar refractivity (Wildman–Crippen MR) is 112 cm³/mol. The summed E-state index contributed by atoms with van der Waals surface area (Å²) in [5.41, 5.74) is 2.17. The van der Waals surface area contributed by atoms with Crippen LogP contribution in [0.2, 0.25) is 0 Å². The number of carbonyl (C=O) groups is 1. The van der Waals surface area contributed by atoms with Gasteiger partial charge in [0.1, 0.15) is 6.61 Å². The van der Waals surface area contributed by atoms with E-state index in [2.05, 4.69) is 15.4 Å². The lowest BCUT2D eigenvalue weighted by Crippen LogP contribution is -2.34. The number of rotatable bonds is 11. The Balaban J connectivity index is 1.83. The molecule has 0 saturated heterocycles. The van der Waals surface area contributed by atoms with Crippen LogP contribution in [0.15, 0.2) is 36.4 Å². The monoisotopic (exact) mass is 456 g/mol. The number of amides is 2. The molecule has 2 aromatic carbocycles. The van der Waals surface area contributed by atoms with Crippen LogP contribution in [0, 0.1) is 0 Å². The van der Waals surface area contributed by atoms with Gasteiger partial charge in [-0.25, -0.2) is 4.79 Å². The van der Waals surface area contributed by atoms with Crippen molar-refractivity contribution in [2.45, 2.75) is 32.8 Å². The molecule has 32 heavy (non-hydrogen) atoms.